The monoisotopic (exact) mass is 276 g/mol. The van der Waals surface area contributed by atoms with Crippen LogP contribution < -0.4 is 0 Å². The number of carboxylic acids is 1. The maximum Gasteiger partial charge on any atom is 0.337 e. The van der Waals surface area contributed by atoms with Gasteiger partial charge < -0.3 is 10.2 Å². The summed E-state index contributed by atoms with van der Waals surface area (Å²) in [5.41, 5.74) is 0.316. The van der Waals surface area contributed by atoms with Crippen molar-refractivity contribution in [3.8, 4) is 0 Å². The first-order chi connectivity index (χ1) is 7.84. The van der Waals surface area contributed by atoms with Gasteiger partial charge in [0.25, 0.3) is 0 Å². The molecule has 17 heavy (non-hydrogen) atoms. The van der Waals surface area contributed by atoms with Crippen LogP contribution in [0.1, 0.15) is 28.9 Å². The Balaban J connectivity index is 3.10. The van der Waals surface area contributed by atoms with Crippen LogP contribution in [-0.4, -0.2) is 27.3 Å². The molecule has 92 valence electrons. The Bertz CT molecular complexity index is 457. The third-order valence-corrected chi connectivity index (χ3v) is 2.68. The standard InChI is InChI=1S/C11H10Cl2O4/c1-5(12)9(14)7-3-2-6(4-8(7)13)10(15)11(16)17/h2-5,10,15H,1H3,(H,16,17). The van der Waals surface area contributed by atoms with Gasteiger partial charge in [0, 0.05) is 5.56 Å². The molecular weight excluding hydrogens is 267 g/mol. The van der Waals surface area contributed by atoms with E-state index in [0.717, 1.165) is 0 Å². The number of carbonyl (C=O) groups excluding carboxylic acids is 1. The second-order valence-corrected chi connectivity index (χ2v) is 4.52. The lowest BCUT2D eigenvalue weighted by Gasteiger charge is -2.09. The predicted molar refractivity (Wildman–Crippen MR) is 63.7 cm³/mol. The second kappa shape index (κ2) is 5.49. The Morgan fingerprint density at radius 3 is 2.35 bits per heavy atom. The number of aliphatic hydroxyl groups excluding tert-OH is 1. The minimum Gasteiger partial charge on any atom is -0.479 e. The lowest BCUT2D eigenvalue weighted by molar-refractivity contribution is -0.146. The van der Waals surface area contributed by atoms with Gasteiger partial charge in [0.1, 0.15) is 0 Å². The largest absolute Gasteiger partial charge is 0.479 e. The number of ketones is 1. The van der Waals surface area contributed by atoms with E-state index in [-0.39, 0.29) is 21.9 Å². The number of aliphatic hydroxyl groups is 1. The van der Waals surface area contributed by atoms with Gasteiger partial charge in [-0.25, -0.2) is 4.79 Å². The van der Waals surface area contributed by atoms with Gasteiger partial charge in [-0.1, -0.05) is 17.7 Å². The summed E-state index contributed by atoms with van der Waals surface area (Å²) in [5.74, 6) is -1.74. The quantitative estimate of drug-likeness (QED) is 0.654. The molecule has 1 rings (SSSR count). The zero-order valence-corrected chi connectivity index (χ0v) is 10.4. The lowest BCUT2D eigenvalue weighted by atomic mass is 10.0. The van der Waals surface area contributed by atoms with Crippen LogP contribution in [0.4, 0.5) is 0 Å². The number of alkyl halides is 1. The van der Waals surface area contributed by atoms with Crippen molar-refractivity contribution in [2.45, 2.75) is 18.4 Å². The van der Waals surface area contributed by atoms with Crippen LogP contribution in [0.2, 0.25) is 5.02 Å². The average Bonchev–Trinajstić information content (AvgIpc) is 2.26. The molecule has 0 aliphatic heterocycles. The van der Waals surface area contributed by atoms with E-state index in [1.165, 1.54) is 25.1 Å². The number of hydrogen-bond acceptors (Lipinski definition) is 3. The van der Waals surface area contributed by atoms with Gasteiger partial charge in [0.2, 0.25) is 0 Å². The molecule has 0 amide bonds. The number of rotatable bonds is 4. The van der Waals surface area contributed by atoms with Gasteiger partial charge in [0.15, 0.2) is 11.9 Å². The molecule has 0 spiro atoms. The van der Waals surface area contributed by atoms with Gasteiger partial charge in [-0.3, -0.25) is 4.79 Å². The van der Waals surface area contributed by atoms with Crippen LogP contribution in [-0.2, 0) is 4.79 Å². The molecule has 2 unspecified atom stereocenters. The summed E-state index contributed by atoms with van der Waals surface area (Å²) < 4.78 is 0. The number of hydrogen-bond donors (Lipinski definition) is 2. The summed E-state index contributed by atoms with van der Waals surface area (Å²) in [7, 11) is 0. The number of Topliss-reactive ketones (excluding diaryl/α,β-unsaturated/α-hetero) is 1. The molecule has 0 fully saturated rings. The fourth-order valence-electron chi connectivity index (χ4n) is 1.26. The van der Waals surface area contributed by atoms with E-state index in [4.69, 9.17) is 28.3 Å². The van der Waals surface area contributed by atoms with E-state index in [9.17, 15) is 14.7 Å². The van der Waals surface area contributed by atoms with Crippen molar-refractivity contribution in [3.05, 3.63) is 34.3 Å². The number of carboxylic acid groups (broad SMARTS) is 1. The van der Waals surface area contributed by atoms with Crippen LogP contribution in [0.5, 0.6) is 0 Å². The Morgan fingerprint density at radius 2 is 1.94 bits per heavy atom. The molecule has 0 heterocycles. The Kier molecular flexibility index (Phi) is 4.51. The number of aliphatic carboxylic acids is 1. The van der Waals surface area contributed by atoms with Crippen molar-refractivity contribution in [3.63, 3.8) is 0 Å². The molecular formula is C11H10Cl2O4. The first kappa shape index (κ1) is 14.0. The van der Waals surface area contributed by atoms with Crippen molar-refractivity contribution in [1.82, 2.24) is 0 Å². The highest BCUT2D eigenvalue weighted by molar-refractivity contribution is 6.38. The topological polar surface area (TPSA) is 74.6 Å². The molecule has 0 saturated carbocycles. The van der Waals surface area contributed by atoms with Crippen LogP contribution in [0.3, 0.4) is 0 Å². The summed E-state index contributed by atoms with van der Waals surface area (Å²) in [6.07, 6.45) is -1.66. The highest BCUT2D eigenvalue weighted by Gasteiger charge is 2.20. The highest BCUT2D eigenvalue weighted by atomic mass is 35.5. The first-order valence-corrected chi connectivity index (χ1v) is 5.54. The van der Waals surface area contributed by atoms with Crippen LogP contribution in [0.25, 0.3) is 0 Å². The van der Waals surface area contributed by atoms with Gasteiger partial charge in [-0.2, -0.15) is 0 Å². The summed E-state index contributed by atoms with van der Waals surface area (Å²) >= 11 is 11.5. The number of carbonyl (C=O) groups is 2. The Hall–Kier alpha value is -1.10. The maximum atomic E-state index is 11.6. The highest BCUT2D eigenvalue weighted by Crippen LogP contribution is 2.24. The molecule has 0 aromatic heterocycles. The zero-order valence-electron chi connectivity index (χ0n) is 8.85. The lowest BCUT2D eigenvalue weighted by Crippen LogP contribution is -2.13. The van der Waals surface area contributed by atoms with E-state index in [0.29, 0.717) is 0 Å². The van der Waals surface area contributed by atoms with Crippen LogP contribution in [0.15, 0.2) is 18.2 Å². The van der Waals surface area contributed by atoms with Crippen molar-refractivity contribution < 1.29 is 19.8 Å². The van der Waals surface area contributed by atoms with E-state index in [1.54, 1.807) is 0 Å². The third kappa shape index (κ3) is 3.19. The van der Waals surface area contributed by atoms with Crippen LogP contribution in [0, 0.1) is 0 Å². The fraction of sp³-hybridized carbons (Fsp3) is 0.273. The van der Waals surface area contributed by atoms with Crippen LogP contribution >= 0.6 is 23.2 Å². The smallest absolute Gasteiger partial charge is 0.337 e. The molecule has 2 N–H and O–H groups in total. The first-order valence-electron chi connectivity index (χ1n) is 4.73. The Morgan fingerprint density at radius 1 is 1.35 bits per heavy atom. The van der Waals surface area contributed by atoms with Gasteiger partial charge in [-0.05, 0) is 24.6 Å². The van der Waals surface area contributed by atoms with E-state index in [2.05, 4.69) is 0 Å². The molecule has 0 aliphatic rings. The van der Waals surface area contributed by atoms with Gasteiger partial charge in [0.05, 0.1) is 10.4 Å². The van der Waals surface area contributed by atoms with E-state index in [1.807, 2.05) is 0 Å². The minimum atomic E-state index is -1.66. The van der Waals surface area contributed by atoms with Gasteiger partial charge in [-0.15, -0.1) is 11.6 Å². The molecule has 2 atom stereocenters. The summed E-state index contributed by atoms with van der Waals surface area (Å²) in [6, 6.07) is 3.93. The summed E-state index contributed by atoms with van der Waals surface area (Å²) in [4.78, 5) is 22.1. The minimum absolute atomic E-state index is 0.0697. The molecule has 0 saturated heterocycles. The molecule has 0 aliphatic carbocycles. The van der Waals surface area contributed by atoms with Crippen molar-refractivity contribution in [2.75, 3.05) is 0 Å². The van der Waals surface area contributed by atoms with E-state index >= 15 is 0 Å². The molecule has 0 radical (unpaired) electrons. The van der Waals surface area contributed by atoms with Crippen molar-refractivity contribution in [1.29, 1.82) is 0 Å². The summed E-state index contributed by atoms with van der Waals surface area (Å²) in [5, 5.41) is 17.3. The molecule has 4 nitrogen and oxygen atoms in total. The number of benzene rings is 1. The molecule has 0 bridgehead atoms. The molecule has 1 aromatic carbocycles. The van der Waals surface area contributed by atoms with E-state index < -0.39 is 17.5 Å². The normalized spacial score (nSPS) is 14.1. The summed E-state index contributed by atoms with van der Waals surface area (Å²) in [6.45, 7) is 1.51. The number of halogens is 2. The van der Waals surface area contributed by atoms with Gasteiger partial charge >= 0.3 is 5.97 Å². The average molecular weight is 277 g/mol. The zero-order chi connectivity index (χ0) is 13.2. The van der Waals surface area contributed by atoms with Crippen molar-refractivity contribution >= 4 is 35.0 Å². The molecule has 1 aromatic rings. The molecule has 6 heteroatoms. The SMILES string of the molecule is CC(Cl)C(=O)c1ccc(C(O)C(=O)O)cc1Cl. The maximum absolute atomic E-state index is 11.6. The predicted octanol–water partition coefficient (Wildman–Crippen LogP) is 2.27. The fourth-order valence-corrected chi connectivity index (χ4v) is 1.66. The Labute approximate surface area is 108 Å². The van der Waals surface area contributed by atoms with Crippen molar-refractivity contribution in [2.24, 2.45) is 0 Å². The second-order valence-electron chi connectivity index (χ2n) is 3.46. The third-order valence-electron chi connectivity index (χ3n) is 2.17.